The molecule has 3 aromatic carbocycles. The number of nitro benzene ring substituents is 1. The molecular formula is C25H23N3O5. The van der Waals surface area contributed by atoms with E-state index in [9.17, 15) is 20.0 Å². The summed E-state index contributed by atoms with van der Waals surface area (Å²) in [5.74, 6) is -1.10. The molecule has 0 bridgehead atoms. The normalized spacial score (nSPS) is 16.3. The Morgan fingerprint density at radius 3 is 2.33 bits per heavy atom. The van der Waals surface area contributed by atoms with E-state index in [-0.39, 0.29) is 24.2 Å². The number of phenols is 1. The third-order valence-electron chi connectivity index (χ3n) is 5.82. The van der Waals surface area contributed by atoms with Gasteiger partial charge < -0.3 is 9.84 Å². The maximum Gasteiger partial charge on any atom is 0.315 e. The van der Waals surface area contributed by atoms with E-state index in [1.807, 2.05) is 60.7 Å². The van der Waals surface area contributed by atoms with Crippen LogP contribution in [0.1, 0.15) is 30.0 Å². The number of rotatable bonds is 8. The molecule has 0 spiro atoms. The van der Waals surface area contributed by atoms with Crippen molar-refractivity contribution in [1.82, 2.24) is 5.43 Å². The minimum atomic E-state index is -0.702. The van der Waals surface area contributed by atoms with Gasteiger partial charge in [0.1, 0.15) is 0 Å². The average molecular weight is 445 g/mol. The maximum atomic E-state index is 13.0. The Morgan fingerprint density at radius 2 is 1.79 bits per heavy atom. The van der Waals surface area contributed by atoms with Crippen LogP contribution in [0.3, 0.4) is 0 Å². The molecule has 4 rings (SSSR count). The first-order chi connectivity index (χ1) is 16.0. The highest BCUT2D eigenvalue weighted by molar-refractivity contribution is 5.88. The largest absolute Gasteiger partial charge is 0.500 e. The molecule has 3 aromatic rings. The summed E-state index contributed by atoms with van der Waals surface area (Å²) in [5.41, 5.74) is 4.09. The van der Waals surface area contributed by atoms with Gasteiger partial charge in [-0.15, -0.1) is 0 Å². The van der Waals surface area contributed by atoms with Crippen LogP contribution in [0.2, 0.25) is 0 Å². The Kier molecular flexibility index (Phi) is 6.08. The Morgan fingerprint density at radius 1 is 1.18 bits per heavy atom. The summed E-state index contributed by atoms with van der Waals surface area (Å²) in [7, 11) is 0. The molecule has 0 aromatic heterocycles. The summed E-state index contributed by atoms with van der Waals surface area (Å²) in [5, 5.41) is 25.2. The van der Waals surface area contributed by atoms with Gasteiger partial charge in [-0.1, -0.05) is 60.7 Å². The van der Waals surface area contributed by atoms with Crippen molar-refractivity contribution in [3.8, 4) is 11.5 Å². The molecule has 1 saturated carbocycles. The van der Waals surface area contributed by atoms with E-state index >= 15 is 0 Å². The smallest absolute Gasteiger partial charge is 0.315 e. The first-order valence-electron chi connectivity index (χ1n) is 10.6. The summed E-state index contributed by atoms with van der Waals surface area (Å²) in [6, 6.07) is 22.4. The highest BCUT2D eigenvalue weighted by Gasteiger charge is 2.60. The van der Waals surface area contributed by atoms with Crippen LogP contribution in [-0.2, 0) is 10.2 Å². The molecule has 1 fully saturated rings. The van der Waals surface area contributed by atoms with Crippen molar-refractivity contribution < 1.29 is 19.6 Å². The molecule has 1 amide bonds. The van der Waals surface area contributed by atoms with Crippen LogP contribution in [0.15, 0.2) is 77.9 Å². The number of ether oxygens (including phenoxy) is 1. The highest BCUT2D eigenvalue weighted by Crippen LogP contribution is 2.58. The van der Waals surface area contributed by atoms with E-state index in [1.165, 1.54) is 18.3 Å². The van der Waals surface area contributed by atoms with Crippen molar-refractivity contribution >= 4 is 17.8 Å². The minimum Gasteiger partial charge on any atom is -0.500 e. The molecule has 0 heterocycles. The minimum absolute atomic E-state index is 0.0196. The molecule has 1 aliphatic rings. The van der Waals surface area contributed by atoms with Gasteiger partial charge in [0.2, 0.25) is 11.7 Å². The highest BCUT2D eigenvalue weighted by atomic mass is 16.6. The Balaban J connectivity index is 1.54. The summed E-state index contributed by atoms with van der Waals surface area (Å²) < 4.78 is 5.27. The second kappa shape index (κ2) is 9.12. The lowest BCUT2D eigenvalue weighted by Gasteiger charge is -2.18. The SMILES string of the molecule is CCOc1cc(/C=N\NC(=O)[C@H]2CC2(c2ccccc2)c2ccccc2)cc([N+](=O)[O-])c1O. The Hall–Kier alpha value is -4.20. The van der Waals surface area contributed by atoms with Crippen LogP contribution < -0.4 is 10.2 Å². The number of carbonyl (C=O) groups is 1. The molecule has 0 radical (unpaired) electrons. The van der Waals surface area contributed by atoms with Gasteiger partial charge in [-0.2, -0.15) is 5.10 Å². The molecule has 33 heavy (non-hydrogen) atoms. The van der Waals surface area contributed by atoms with Crippen LogP contribution >= 0.6 is 0 Å². The molecular weight excluding hydrogens is 422 g/mol. The zero-order valence-corrected chi connectivity index (χ0v) is 18.0. The van der Waals surface area contributed by atoms with Gasteiger partial charge >= 0.3 is 5.69 Å². The average Bonchev–Trinajstić information content (AvgIpc) is 3.59. The number of nitrogens with zero attached hydrogens (tertiary/aromatic N) is 2. The number of nitro groups is 1. The fraction of sp³-hybridized carbons (Fsp3) is 0.200. The van der Waals surface area contributed by atoms with Gasteiger partial charge in [0, 0.05) is 17.0 Å². The number of hydrazone groups is 1. The van der Waals surface area contributed by atoms with Gasteiger partial charge in [0.05, 0.1) is 23.7 Å². The molecule has 0 saturated heterocycles. The summed E-state index contributed by atoms with van der Waals surface area (Å²) >= 11 is 0. The molecule has 8 heteroatoms. The molecule has 1 aliphatic carbocycles. The number of phenolic OH excluding ortho intramolecular Hbond substituents is 1. The third kappa shape index (κ3) is 4.27. The van der Waals surface area contributed by atoms with Gasteiger partial charge in [-0.05, 0) is 30.5 Å². The van der Waals surface area contributed by atoms with Crippen molar-refractivity contribution in [2.75, 3.05) is 6.61 Å². The van der Waals surface area contributed by atoms with Crippen LogP contribution in [0.4, 0.5) is 5.69 Å². The van der Waals surface area contributed by atoms with Crippen molar-refractivity contribution in [1.29, 1.82) is 0 Å². The number of hydrogen-bond donors (Lipinski definition) is 2. The molecule has 8 nitrogen and oxygen atoms in total. The van der Waals surface area contributed by atoms with E-state index in [4.69, 9.17) is 4.74 Å². The number of aromatic hydroxyl groups is 1. The van der Waals surface area contributed by atoms with Gasteiger partial charge in [-0.25, -0.2) is 5.43 Å². The number of nitrogens with one attached hydrogen (secondary N) is 1. The topological polar surface area (TPSA) is 114 Å². The van der Waals surface area contributed by atoms with E-state index in [1.54, 1.807) is 6.92 Å². The number of hydrogen-bond acceptors (Lipinski definition) is 6. The standard InChI is InChI=1S/C25H23N3O5/c1-2-33-22-14-17(13-21(23(22)29)28(31)32)16-26-27-24(30)20-15-25(20,18-9-5-3-6-10-18)19-11-7-4-8-12-19/h3-14,16,20,29H,2,15H2,1H3,(H,27,30)/b26-16-/t20-/m1/s1. The van der Waals surface area contributed by atoms with Crippen LogP contribution in [0, 0.1) is 16.0 Å². The monoisotopic (exact) mass is 445 g/mol. The summed E-state index contributed by atoms with van der Waals surface area (Å²) in [4.78, 5) is 23.5. The lowest BCUT2D eigenvalue weighted by Crippen LogP contribution is -2.25. The van der Waals surface area contributed by atoms with Crippen LogP contribution in [-0.4, -0.2) is 28.8 Å². The van der Waals surface area contributed by atoms with E-state index in [0.717, 1.165) is 11.1 Å². The second-order valence-electron chi connectivity index (χ2n) is 7.77. The summed E-state index contributed by atoms with van der Waals surface area (Å²) in [6.45, 7) is 1.93. The molecule has 2 N–H and O–H groups in total. The molecule has 0 unspecified atom stereocenters. The molecule has 1 atom stereocenters. The van der Waals surface area contributed by atoms with Crippen molar-refractivity contribution in [2.24, 2.45) is 11.0 Å². The van der Waals surface area contributed by atoms with Gasteiger partial charge in [0.25, 0.3) is 0 Å². The number of carbonyl (C=O) groups excluding carboxylic acids is 1. The van der Waals surface area contributed by atoms with E-state index in [2.05, 4.69) is 10.5 Å². The fourth-order valence-electron chi connectivity index (χ4n) is 4.20. The van der Waals surface area contributed by atoms with Crippen molar-refractivity contribution in [3.05, 3.63) is 99.6 Å². The van der Waals surface area contributed by atoms with E-state index in [0.29, 0.717) is 12.0 Å². The van der Waals surface area contributed by atoms with Crippen LogP contribution in [0.25, 0.3) is 0 Å². The number of benzene rings is 3. The summed E-state index contributed by atoms with van der Waals surface area (Å²) in [6.07, 6.45) is 1.95. The quantitative estimate of drug-likeness (QED) is 0.307. The predicted molar refractivity (Wildman–Crippen MR) is 123 cm³/mol. The molecule has 0 aliphatic heterocycles. The first kappa shape index (κ1) is 22.0. The van der Waals surface area contributed by atoms with Crippen molar-refractivity contribution in [2.45, 2.75) is 18.8 Å². The van der Waals surface area contributed by atoms with Gasteiger partial charge in [0.15, 0.2) is 5.75 Å². The lowest BCUT2D eigenvalue weighted by molar-refractivity contribution is -0.386. The maximum absolute atomic E-state index is 13.0. The Bertz CT molecular complexity index is 1160. The van der Waals surface area contributed by atoms with Crippen LogP contribution in [0.5, 0.6) is 11.5 Å². The zero-order chi connectivity index (χ0) is 23.4. The fourth-order valence-corrected chi connectivity index (χ4v) is 4.20. The third-order valence-corrected chi connectivity index (χ3v) is 5.82. The second-order valence-corrected chi connectivity index (χ2v) is 7.77. The zero-order valence-electron chi connectivity index (χ0n) is 18.0. The van der Waals surface area contributed by atoms with Crippen molar-refractivity contribution in [3.63, 3.8) is 0 Å². The Labute approximate surface area is 190 Å². The predicted octanol–water partition coefficient (Wildman–Crippen LogP) is 4.16. The first-order valence-corrected chi connectivity index (χ1v) is 10.6. The van der Waals surface area contributed by atoms with Gasteiger partial charge in [-0.3, -0.25) is 14.9 Å². The molecule has 168 valence electrons. The lowest BCUT2D eigenvalue weighted by atomic mass is 9.85. The number of amides is 1. The van der Waals surface area contributed by atoms with E-state index < -0.39 is 21.8 Å².